The van der Waals surface area contributed by atoms with Gasteiger partial charge in [0.25, 0.3) is 11.8 Å². The van der Waals surface area contributed by atoms with Gasteiger partial charge in [0.2, 0.25) is 5.91 Å². The van der Waals surface area contributed by atoms with Crippen molar-refractivity contribution >= 4 is 34.7 Å². The summed E-state index contributed by atoms with van der Waals surface area (Å²) in [6.07, 6.45) is 2.41. The maximum absolute atomic E-state index is 13.1. The smallest absolute Gasteiger partial charge is 0.409 e. The van der Waals surface area contributed by atoms with E-state index in [0.29, 0.717) is 55.5 Å². The Labute approximate surface area is 252 Å². The molecule has 2 aromatic rings. The van der Waals surface area contributed by atoms with Crippen molar-refractivity contribution < 1.29 is 28.7 Å². The molecule has 2 atom stereocenters. The number of likely N-dealkylation sites (tertiary alicyclic amines) is 2. The molecule has 4 heterocycles. The Balaban J connectivity index is 1.17. The number of hydrogen-bond donors (Lipinski definition) is 1. The van der Waals surface area contributed by atoms with E-state index < -0.39 is 5.91 Å². The van der Waals surface area contributed by atoms with Gasteiger partial charge < -0.3 is 29.5 Å². The fourth-order valence-electron chi connectivity index (χ4n) is 6.10. The topological polar surface area (TPSA) is 125 Å². The van der Waals surface area contributed by atoms with Crippen LogP contribution < -0.4 is 10.1 Å². The first-order valence-electron chi connectivity index (χ1n) is 15.3. The van der Waals surface area contributed by atoms with Crippen molar-refractivity contribution in [1.29, 1.82) is 0 Å². The second-order valence-corrected chi connectivity index (χ2v) is 11.5. The van der Waals surface area contributed by atoms with Crippen LogP contribution in [0.4, 0.5) is 4.79 Å². The predicted molar refractivity (Wildman–Crippen MR) is 160 cm³/mol. The Morgan fingerprint density at radius 2 is 1.74 bits per heavy atom. The Morgan fingerprint density at radius 1 is 0.977 bits per heavy atom. The van der Waals surface area contributed by atoms with Gasteiger partial charge in [-0.15, -0.1) is 0 Å². The maximum Gasteiger partial charge on any atom is 0.409 e. The quantitative estimate of drug-likeness (QED) is 0.415. The van der Waals surface area contributed by atoms with Crippen LogP contribution in [0.25, 0.3) is 10.9 Å². The summed E-state index contributed by atoms with van der Waals surface area (Å²) in [4.78, 5) is 63.3. The van der Waals surface area contributed by atoms with E-state index >= 15 is 0 Å². The highest BCUT2D eigenvalue weighted by Crippen LogP contribution is 2.31. The number of benzene rings is 1. The molecule has 3 saturated heterocycles. The van der Waals surface area contributed by atoms with Crippen LogP contribution in [-0.2, 0) is 14.3 Å². The predicted octanol–water partition coefficient (Wildman–Crippen LogP) is 2.04. The van der Waals surface area contributed by atoms with E-state index in [1.807, 2.05) is 36.9 Å². The molecule has 4 amide bonds. The van der Waals surface area contributed by atoms with Crippen LogP contribution in [0.15, 0.2) is 24.3 Å². The number of rotatable bonds is 10. The maximum atomic E-state index is 13.1. The van der Waals surface area contributed by atoms with Crippen molar-refractivity contribution in [2.45, 2.75) is 52.1 Å². The molecule has 3 aliphatic rings. The van der Waals surface area contributed by atoms with Gasteiger partial charge in [0.05, 0.1) is 18.7 Å². The van der Waals surface area contributed by atoms with Crippen LogP contribution >= 0.6 is 0 Å². The minimum atomic E-state index is -0.511. The second-order valence-electron chi connectivity index (χ2n) is 11.5. The number of hydrogen-bond acceptors (Lipinski definition) is 8. The summed E-state index contributed by atoms with van der Waals surface area (Å²) < 4.78 is 11.3. The minimum Gasteiger partial charge on any atom is -0.483 e. The molecule has 1 aromatic heterocycles. The van der Waals surface area contributed by atoms with Gasteiger partial charge >= 0.3 is 6.09 Å². The first kappa shape index (κ1) is 30.5. The summed E-state index contributed by atoms with van der Waals surface area (Å²) in [6.45, 7) is 10.3. The number of fused-ring (bicyclic) bond motifs is 3. The molecule has 1 aromatic carbocycles. The van der Waals surface area contributed by atoms with Gasteiger partial charge in [-0.2, -0.15) is 0 Å². The summed E-state index contributed by atoms with van der Waals surface area (Å²) in [6, 6.07) is 7.83. The van der Waals surface area contributed by atoms with Gasteiger partial charge in [-0.1, -0.05) is 26.3 Å². The molecule has 12 heteroatoms. The van der Waals surface area contributed by atoms with E-state index in [2.05, 4.69) is 22.1 Å². The van der Waals surface area contributed by atoms with Crippen molar-refractivity contribution in [2.75, 3.05) is 65.6 Å². The number of pyridine rings is 1. The third kappa shape index (κ3) is 7.01. The van der Waals surface area contributed by atoms with E-state index in [4.69, 9.17) is 9.47 Å². The zero-order valence-electron chi connectivity index (χ0n) is 25.3. The lowest BCUT2D eigenvalue weighted by atomic mass is 10.1. The van der Waals surface area contributed by atoms with Gasteiger partial charge in [-0.05, 0) is 44.0 Å². The molecule has 1 N–H and O–H groups in total. The lowest BCUT2D eigenvalue weighted by Crippen LogP contribution is -2.52. The summed E-state index contributed by atoms with van der Waals surface area (Å²) in [5.41, 5.74) is 1.64. The highest BCUT2D eigenvalue weighted by Gasteiger charge is 2.44. The van der Waals surface area contributed by atoms with E-state index in [1.54, 1.807) is 9.80 Å². The number of ether oxygens (including phenoxy) is 2. The Kier molecular flexibility index (Phi) is 9.64. The SMILES string of the molecule is CCCCOC(=O)N1CCN(C(=O)CNC(=O)c2cc(OCC(=O)N3C[C@H]4C[C@@H]3CN4CC)c3ccc(C)cc3n2)CC1. The van der Waals surface area contributed by atoms with Crippen LogP contribution in [0.5, 0.6) is 5.75 Å². The average molecular weight is 595 g/mol. The van der Waals surface area contributed by atoms with Crippen molar-refractivity contribution in [2.24, 2.45) is 0 Å². The van der Waals surface area contributed by atoms with Crippen molar-refractivity contribution in [3.8, 4) is 5.75 Å². The zero-order chi connectivity index (χ0) is 30.5. The first-order valence-corrected chi connectivity index (χ1v) is 15.3. The Bertz CT molecular complexity index is 1360. The van der Waals surface area contributed by atoms with Gasteiger partial charge in [0, 0.05) is 62.8 Å². The van der Waals surface area contributed by atoms with E-state index in [9.17, 15) is 19.2 Å². The number of nitrogens with one attached hydrogen (secondary N) is 1. The number of carbonyl (C=O) groups excluding carboxylic acids is 4. The standard InChI is InChI=1S/C31H42N6O6/c1-4-6-13-42-31(41)36-11-9-35(10-12-36)28(38)17-32-30(40)26-16-27(24-8-7-21(3)14-25(24)33-26)43-20-29(39)37-19-22-15-23(37)18-34(22)5-2/h7-8,14,16,22-23H,4-6,9-13,15,17-20H2,1-3H3,(H,32,40)/t22-,23-/m1/s1. The molecule has 0 aliphatic carbocycles. The molecule has 0 spiro atoms. The van der Waals surface area contributed by atoms with Gasteiger partial charge in [-0.25, -0.2) is 9.78 Å². The van der Waals surface area contributed by atoms with E-state index in [1.165, 1.54) is 6.07 Å². The van der Waals surface area contributed by atoms with Crippen molar-refractivity contribution in [3.63, 3.8) is 0 Å². The molecule has 12 nitrogen and oxygen atoms in total. The number of aryl methyl sites for hydroxylation is 1. The highest BCUT2D eigenvalue weighted by molar-refractivity contribution is 5.98. The number of nitrogens with zero attached hydrogens (tertiary/aromatic N) is 5. The summed E-state index contributed by atoms with van der Waals surface area (Å²) >= 11 is 0. The molecule has 0 radical (unpaired) electrons. The molecule has 232 valence electrons. The minimum absolute atomic E-state index is 0.0637. The molecular formula is C31H42N6O6. The normalized spacial score (nSPS) is 20.0. The number of likely N-dealkylation sites (N-methyl/N-ethyl adjacent to an activating group) is 1. The van der Waals surface area contributed by atoms with Gasteiger partial charge in [0.1, 0.15) is 11.4 Å². The molecule has 3 aliphatic heterocycles. The van der Waals surface area contributed by atoms with Crippen LogP contribution in [0.1, 0.15) is 49.2 Å². The molecule has 5 rings (SSSR count). The fraction of sp³-hybridized carbons (Fsp3) is 0.581. The fourth-order valence-corrected chi connectivity index (χ4v) is 6.10. The molecular weight excluding hydrogens is 552 g/mol. The second kappa shape index (κ2) is 13.6. The molecule has 0 unspecified atom stereocenters. The van der Waals surface area contributed by atoms with Crippen molar-refractivity contribution in [3.05, 3.63) is 35.5 Å². The van der Waals surface area contributed by atoms with Crippen LogP contribution in [0.2, 0.25) is 0 Å². The number of unbranched alkanes of at least 4 members (excludes halogenated alkanes) is 1. The van der Waals surface area contributed by atoms with Crippen LogP contribution in [0.3, 0.4) is 0 Å². The molecule has 2 bridgehead atoms. The monoisotopic (exact) mass is 594 g/mol. The molecule has 3 fully saturated rings. The average Bonchev–Trinajstić information content (AvgIpc) is 3.63. The third-order valence-electron chi connectivity index (χ3n) is 8.61. The highest BCUT2D eigenvalue weighted by atomic mass is 16.6. The Morgan fingerprint density at radius 3 is 2.44 bits per heavy atom. The van der Waals surface area contributed by atoms with Crippen LogP contribution in [0, 0.1) is 6.92 Å². The molecule has 43 heavy (non-hydrogen) atoms. The van der Waals surface area contributed by atoms with Gasteiger partial charge in [0.15, 0.2) is 6.61 Å². The Hall–Kier alpha value is -3.93. The van der Waals surface area contributed by atoms with Crippen LogP contribution in [-0.4, -0.2) is 126 Å². The summed E-state index contributed by atoms with van der Waals surface area (Å²) in [5, 5.41) is 3.38. The summed E-state index contributed by atoms with van der Waals surface area (Å²) in [5.74, 6) is -0.419. The largest absolute Gasteiger partial charge is 0.483 e. The lowest BCUT2D eigenvalue weighted by molar-refractivity contribution is -0.135. The zero-order valence-corrected chi connectivity index (χ0v) is 25.3. The summed E-state index contributed by atoms with van der Waals surface area (Å²) in [7, 11) is 0. The number of amides is 4. The third-order valence-corrected chi connectivity index (χ3v) is 8.61. The number of piperazine rings is 2. The molecule has 0 saturated carbocycles. The number of aromatic nitrogens is 1. The van der Waals surface area contributed by atoms with Gasteiger partial charge in [-0.3, -0.25) is 19.3 Å². The van der Waals surface area contributed by atoms with E-state index in [-0.39, 0.29) is 42.8 Å². The van der Waals surface area contributed by atoms with Crippen molar-refractivity contribution in [1.82, 2.24) is 29.9 Å². The first-order chi connectivity index (χ1) is 20.8. The lowest BCUT2D eigenvalue weighted by Gasteiger charge is -2.34. The number of carbonyl (C=O) groups is 4. The van der Waals surface area contributed by atoms with E-state index in [0.717, 1.165) is 44.5 Å².